The van der Waals surface area contributed by atoms with E-state index in [4.69, 9.17) is 14.6 Å². The molecule has 10 nitrogen and oxygen atoms in total. The number of phenolic OH excluding ortho intramolecular Hbond substituents is 4. The van der Waals surface area contributed by atoms with Gasteiger partial charge in [-0.2, -0.15) is 0 Å². The number of carbonyl (C=O) groups excluding carboxylic acids is 3. The molecule has 0 heterocycles. The van der Waals surface area contributed by atoms with Gasteiger partial charge in [-0.15, -0.1) is 0 Å². The maximum atomic E-state index is 11.9. The molecule has 40 heavy (non-hydrogen) atoms. The molecule has 10 heteroatoms. The first-order valence-electron chi connectivity index (χ1n) is 11.8. The van der Waals surface area contributed by atoms with E-state index < -0.39 is 11.8 Å². The Kier molecular flexibility index (Phi) is 10.1. The number of para-hydroxylation sites is 1. The third-order valence-electron chi connectivity index (χ3n) is 5.32. The minimum Gasteiger partial charge on any atom is -0.508 e. The molecular weight excluding hydrogens is 520 g/mol. The third kappa shape index (κ3) is 8.25. The predicted molar refractivity (Wildman–Crippen MR) is 143 cm³/mol. The number of methoxy groups -OCH3 is 1. The molecule has 0 aliphatic heterocycles. The molecule has 0 aliphatic carbocycles. The molecule has 0 spiro atoms. The molecule has 0 radical (unpaired) electrons. The van der Waals surface area contributed by atoms with Crippen molar-refractivity contribution in [2.45, 2.75) is 0 Å². The van der Waals surface area contributed by atoms with E-state index >= 15 is 0 Å². The van der Waals surface area contributed by atoms with Crippen LogP contribution in [-0.4, -0.2) is 58.3 Å². The Balaban J connectivity index is 0.000000225. The van der Waals surface area contributed by atoms with Gasteiger partial charge in [0.1, 0.15) is 34.5 Å². The Morgan fingerprint density at radius 2 is 1.05 bits per heavy atom. The van der Waals surface area contributed by atoms with Crippen LogP contribution in [0.3, 0.4) is 0 Å². The summed E-state index contributed by atoms with van der Waals surface area (Å²) in [5.41, 5.74) is 0.560. The zero-order valence-electron chi connectivity index (χ0n) is 21.3. The van der Waals surface area contributed by atoms with E-state index in [-0.39, 0.29) is 53.1 Å². The van der Waals surface area contributed by atoms with Crippen molar-refractivity contribution in [3.8, 4) is 34.5 Å². The lowest BCUT2D eigenvalue weighted by Crippen LogP contribution is -2.12. The van der Waals surface area contributed by atoms with E-state index in [1.54, 1.807) is 24.3 Å². The maximum absolute atomic E-state index is 11.9. The Hall–Kier alpha value is -5.51. The smallest absolute Gasteiger partial charge is 0.337 e. The average Bonchev–Trinajstić information content (AvgIpc) is 2.95. The molecule has 4 rings (SSSR count). The van der Waals surface area contributed by atoms with E-state index in [0.29, 0.717) is 17.1 Å². The van der Waals surface area contributed by atoms with Gasteiger partial charge in [-0.1, -0.05) is 18.2 Å². The lowest BCUT2D eigenvalue weighted by Gasteiger charge is -2.07. The Morgan fingerprint density at radius 3 is 1.48 bits per heavy atom. The lowest BCUT2D eigenvalue weighted by molar-refractivity contribution is 0.0600. The van der Waals surface area contributed by atoms with Crippen molar-refractivity contribution in [3.05, 3.63) is 108 Å². The molecule has 0 atom stereocenters. The van der Waals surface area contributed by atoms with Crippen molar-refractivity contribution in [2.24, 2.45) is 0 Å². The summed E-state index contributed by atoms with van der Waals surface area (Å²) >= 11 is 0. The first-order valence-corrected chi connectivity index (χ1v) is 11.8. The van der Waals surface area contributed by atoms with Crippen LogP contribution in [0.25, 0.3) is 0 Å². The van der Waals surface area contributed by atoms with E-state index in [2.05, 4.69) is 4.74 Å². The second kappa shape index (κ2) is 13.9. The minimum absolute atomic E-state index is 0.0592. The van der Waals surface area contributed by atoms with Crippen molar-refractivity contribution in [1.82, 2.24) is 0 Å². The van der Waals surface area contributed by atoms with Crippen LogP contribution in [0.2, 0.25) is 0 Å². The molecule has 0 bridgehead atoms. The summed E-state index contributed by atoms with van der Waals surface area (Å²) in [6.07, 6.45) is 0. The van der Waals surface area contributed by atoms with Gasteiger partial charge in [0, 0.05) is 12.1 Å². The van der Waals surface area contributed by atoms with Gasteiger partial charge in [0.05, 0.1) is 23.8 Å². The maximum Gasteiger partial charge on any atom is 0.337 e. The molecule has 0 unspecified atom stereocenters. The molecule has 4 aromatic carbocycles. The van der Waals surface area contributed by atoms with Gasteiger partial charge in [-0.05, 0) is 60.7 Å². The van der Waals surface area contributed by atoms with E-state index in [9.17, 15) is 29.7 Å². The Labute approximate surface area is 229 Å². The van der Waals surface area contributed by atoms with Gasteiger partial charge >= 0.3 is 5.97 Å². The van der Waals surface area contributed by atoms with Crippen LogP contribution in [-0.2, 0) is 4.74 Å². The van der Waals surface area contributed by atoms with E-state index in [0.717, 1.165) is 12.1 Å². The van der Waals surface area contributed by atoms with Crippen LogP contribution in [0.1, 0.15) is 31.1 Å². The average molecular weight is 547 g/mol. The summed E-state index contributed by atoms with van der Waals surface area (Å²) in [4.78, 5) is 35.0. The summed E-state index contributed by atoms with van der Waals surface area (Å²) < 4.78 is 15.2. The number of aromatic hydroxyl groups is 4. The molecule has 4 aromatic rings. The molecule has 0 aromatic heterocycles. The fraction of sp³-hybridized carbons (Fsp3) is 0.100. The Bertz CT molecular complexity index is 1460. The number of ether oxygens (including phenoxy) is 3. The first-order chi connectivity index (χ1) is 19.2. The number of ketones is 2. The fourth-order valence-electron chi connectivity index (χ4n) is 3.29. The largest absolute Gasteiger partial charge is 0.508 e. The molecular formula is C30H26O10. The zero-order valence-corrected chi connectivity index (χ0v) is 21.3. The van der Waals surface area contributed by atoms with E-state index in [1.165, 1.54) is 55.6 Å². The highest BCUT2D eigenvalue weighted by Gasteiger charge is 2.14. The van der Waals surface area contributed by atoms with Crippen molar-refractivity contribution in [1.29, 1.82) is 0 Å². The first kappa shape index (κ1) is 29.1. The normalized spacial score (nSPS) is 10.0. The predicted octanol–water partition coefficient (Wildman–Crippen LogP) is 4.51. The highest BCUT2D eigenvalue weighted by Crippen LogP contribution is 2.24. The number of rotatable bonds is 9. The van der Waals surface area contributed by atoms with Crippen LogP contribution in [0.4, 0.5) is 0 Å². The van der Waals surface area contributed by atoms with Gasteiger partial charge in [-0.25, -0.2) is 4.79 Å². The van der Waals surface area contributed by atoms with Crippen LogP contribution in [0.15, 0.2) is 91.0 Å². The molecule has 0 fully saturated rings. The van der Waals surface area contributed by atoms with Gasteiger partial charge in [-0.3, -0.25) is 9.59 Å². The van der Waals surface area contributed by atoms with Gasteiger partial charge in [0.15, 0.2) is 13.2 Å². The van der Waals surface area contributed by atoms with Gasteiger partial charge < -0.3 is 34.6 Å². The van der Waals surface area contributed by atoms with Crippen LogP contribution in [0, 0.1) is 0 Å². The van der Waals surface area contributed by atoms with Gasteiger partial charge in [0.2, 0.25) is 11.6 Å². The number of esters is 1. The zero-order chi connectivity index (χ0) is 29.1. The molecule has 0 saturated carbocycles. The summed E-state index contributed by atoms with van der Waals surface area (Å²) in [6, 6.07) is 22.6. The SMILES string of the molecule is COC(=O)c1ccc(OCC(=O)c2ccc(O)cc2O)cc1.O=C(COc1ccccc1)c1ccc(O)cc1O. The molecule has 206 valence electrons. The summed E-state index contributed by atoms with van der Waals surface area (Å²) in [5, 5.41) is 37.4. The van der Waals surface area contributed by atoms with Crippen LogP contribution >= 0.6 is 0 Å². The fourth-order valence-corrected chi connectivity index (χ4v) is 3.29. The van der Waals surface area contributed by atoms with Crippen LogP contribution in [0.5, 0.6) is 34.5 Å². The number of Topliss-reactive ketones (excluding diaryl/α,β-unsaturated/α-hetero) is 2. The molecule has 0 aliphatic rings. The molecule has 0 amide bonds. The lowest BCUT2D eigenvalue weighted by atomic mass is 10.1. The number of carbonyl (C=O) groups is 3. The van der Waals surface area contributed by atoms with Gasteiger partial charge in [0.25, 0.3) is 0 Å². The topological polar surface area (TPSA) is 160 Å². The number of hydrogen-bond donors (Lipinski definition) is 4. The standard InChI is InChI=1S/C16H14O6.C14H12O4/c1-21-16(20)10-2-5-12(6-3-10)22-9-15(19)13-7-4-11(17)8-14(13)18;15-10-6-7-12(13(16)8-10)14(17)9-18-11-4-2-1-3-5-11/h2-8,17-18H,9H2,1H3;1-8,15-16H,9H2. The van der Waals surface area contributed by atoms with Crippen molar-refractivity contribution < 1.29 is 49.0 Å². The molecule has 4 N–H and O–H groups in total. The van der Waals surface area contributed by atoms with Crippen molar-refractivity contribution in [3.63, 3.8) is 0 Å². The molecule has 0 saturated heterocycles. The third-order valence-corrected chi connectivity index (χ3v) is 5.32. The number of hydrogen-bond acceptors (Lipinski definition) is 10. The summed E-state index contributed by atoms with van der Waals surface area (Å²) in [6.45, 7) is -0.446. The quantitative estimate of drug-likeness (QED) is 0.174. The summed E-state index contributed by atoms with van der Waals surface area (Å²) in [7, 11) is 1.29. The monoisotopic (exact) mass is 546 g/mol. The van der Waals surface area contributed by atoms with Crippen molar-refractivity contribution >= 4 is 17.5 Å². The highest BCUT2D eigenvalue weighted by atomic mass is 16.5. The van der Waals surface area contributed by atoms with Crippen LogP contribution < -0.4 is 9.47 Å². The van der Waals surface area contributed by atoms with Crippen molar-refractivity contribution in [2.75, 3.05) is 20.3 Å². The van der Waals surface area contributed by atoms with E-state index in [1.807, 2.05) is 6.07 Å². The Morgan fingerprint density at radius 1 is 0.600 bits per heavy atom. The number of benzene rings is 4. The second-order valence-electron chi connectivity index (χ2n) is 8.16. The minimum atomic E-state index is -0.461. The number of phenols is 4. The summed E-state index contributed by atoms with van der Waals surface area (Å²) in [5.74, 6) is -1.04. The highest BCUT2D eigenvalue weighted by molar-refractivity contribution is 6.00. The second-order valence-corrected chi connectivity index (χ2v) is 8.16.